The summed E-state index contributed by atoms with van der Waals surface area (Å²) in [6.07, 6.45) is 2.40. The van der Waals surface area contributed by atoms with Gasteiger partial charge in [0.1, 0.15) is 0 Å². The number of benzene rings is 1. The largest absolute Gasteiger partial charge is 0.461 e. The highest BCUT2D eigenvalue weighted by Crippen LogP contribution is 2.47. The van der Waals surface area contributed by atoms with Crippen molar-refractivity contribution in [3.63, 3.8) is 0 Å². The summed E-state index contributed by atoms with van der Waals surface area (Å²) in [4.78, 5) is 0. The molecular weight excluding hydrogens is 263 g/mol. The molecule has 1 aliphatic carbocycles. The molecular formula is C17H25BO3. The third kappa shape index (κ3) is 3.03. The number of ether oxygens (including phenoxy) is 1. The summed E-state index contributed by atoms with van der Waals surface area (Å²) in [5.41, 5.74) is 0.776. The quantitative estimate of drug-likeness (QED) is 0.788. The fourth-order valence-corrected chi connectivity index (χ4v) is 2.83. The standard InChI is InChI=1S/C17H25BO3/c1-16(2)17(3,4)21-18(20-16)14-10-15(11-14)19-12-13-8-6-5-7-9-13/h5-9,14-15H,10-12H2,1-4H3. The molecule has 1 saturated carbocycles. The van der Waals surface area contributed by atoms with Crippen molar-refractivity contribution in [1.82, 2.24) is 0 Å². The molecule has 114 valence electrons. The lowest BCUT2D eigenvalue weighted by molar-refractivity contribution is -0.0146. The van der Waals surface area contributed by atoms with Gasteiger partial charge < -0.3 is 14.0 Å². The Morgan fingerprint density at radius 3 is 2.19 bits per heavy atom. The van der Waals surface area contributed by atoms with Crippen molar-refractivity contribution in [2.45, 2.75) is 70.3 Å². The van der Waals surface area contributed by atoms with Gasteiger partial charge in [0, 0.05) is 0 Å². The van der Waals surface area contributed by atoms with Crippen molar-refractivity contribution in [1.29, 1.82) is 0 Å². The molecule has 4 heteroatoms. The molecule has 21 heavy (non-hydrogen) atoms. The molecule has 0 atom stereocenters. The van der Waals surface area contributed by atoms with Gasteiger partial charge in [-0.25, -0.2) is 0 Å². The highest BCUT2D eigenvalue weighted by molar-refractivity contribution is 6.47. The summed E-state index contributed by atoms with van der Waals surface area (Å²) in [6.45, 7) is 9.12. The average Bonchev–Trinajstić information content (AvgIpc) is 2.57. The normalized spacial score (nSPS) is 30.2. The monoisotopic (exact) mass is 288 g/mol. The molecule has 1 aromatic carbocycles. The van der Waals surface area contributed by atoms with Gasteiger partial charge >= 0.3 is 7.12 Å². The van der Waals surface area contributed by atoms with Gasteiger partial charge in [0.05, 0.1) is 23.9 Å². The zero-order valence-corrected chi connectivity index (χ0v) is 13.5. The lowest BCUT2D eigenvalue weighted by Crippen LogP contribution is -2.41. The molecule has 2 fully saturated rings. The first-order chi connectivity index (χ1) is 9.87. The Kier molecular flexibility index (Phi) is 3.89. The molecule has 1 heterocycles. The van der Waals surface area contributed by atoms with Crippen molar-refractivity contribution in [2.24, 2.45) is 0 Å². The lowest BCUT2D eigenvalue weighted by Gasteiger charge is -2.36. The summed E-state index contributed by atoms with van der Waals surface area (Å²) < 4.78 is 18.1. The van der Waals surface area contributed by atoms with E-state index in [4.69, 9.17) is 14.0 Å². The zero-order valence-electron chi connectivity index (χ0n) is 13.5. The first-order valence-electron chi connectivity index (χ1n) is 7.88. The minimum absolute atomic E-state index is 0.0772. The van der Waals surface area contributed by atoms with Crippen molar-refractivity contribution >= 4 is 7.12 Å². The van der Waals surface area contributed by atoms with Gasteiger partial charge in [-0.05, 0) is 51.9 Å². The van der Waals surface area contributed by atoms with Crippen LogP contribution in [0, 0.1) is 0 Å². The molecule has 0 spiro atoms. The Morgan fingerprint density at radius 2 is 1.62 bits per heavy atom. The molecule has 2 aliphatic rings. The maximum Gasteiger partial charge on any atom is 0.461 e. The Hall–Kier alpha value is -0.835. The third-order valence-electron chi connectivity index (χ3n) is 5.12. The third-order valence-corrected chi connectivity index (χ3v) is 5.12. The molecule has 0 bridgehead atoms. The first kappa shape index (κ1) is 15.1. The van der Waals surface area contributed by atoms with E-state index in [0.29, 0.717) is 18.5 Å². The van der Waals surface area contributed by atoms with Gasteiger partial charge in [-0.2, -0.15) is 0 Å². The maximum absolute atomic E-state index is 6.10. The van der Waals surface area contributed by atoms with Crippen LogP contribution in [-0.4, -0.2) is 24.4 Å². The SMILES string of the molecule is CC1(C)OB(C2CC(OCc3ccccc3)C2)OC1(C)C. The Morgan fingerprint density at radius 1 is 1.05 bits per heavy atom. The van der Waals surface area contributed by atoms with Gasteiger partial charge in [-0.15, -0.1) is 0 Å². The molecule has 1 aromatic rings. The van der Waals surface area contributed by atoms with Crippen molar-refractivity contribution < 1.29 is 14.0 Å². The summed E-state index contributed by atoms with van der Waals surface area (Å²) in [7, 11) is -0.0772. The first-order valence-corrected chi connectivity index (χ1v) is 7.88. The summed E-state index contributed by atoms with van der Waals surface area (Å²) >= 11 is 0. The van der Waals surface area contributed by atoms with Gasteiger partial charge in [0.25, 0.3) is 0 Å². The van der Waals surface area contributed by atoms with Gasteiger partial charge in [0.15, 0.2) is 0 Å². The Labute approximate surface area is 128 Å². The van der Waals surface area contributed by atoms with Gasteiger partial charge in [-0.1, -0.05) is 30.3 Å². The smallest absolute Gasteiger partial charge is 0.403 e. The molecule has 0 unspecified atom stereocenters. The van der Waals surface area contributed by atoms with E-state index in [0.717, 1.165) is 12.8 Å². The molecule has 3 rings (SSSR count). The number of hydrogen-bond acceptors (Lipinski definition) is 3. The average molecular weight is 288 g/mol. The van der Waals surface area contributed by atoms with Crippen molar-refractivity contribution in [3.8, 4) is 0 Å². The van der Waals surface area contributed by atoms with E-state index in [2.05, 4.69) is 39.8 Å². The highest BCUT2D eigenvalue weighted by atomic mass is 16.7. The van der Waals surface area contributed by atoms with Crippen LogP contribution in [0.3, 0.4) is 0 Å². The van der Waals surface area contributed by atoms with Crippen LogP contribution in [0.15, 0.2) is 30.3 Å². The number of hydrogen-bond donors (Lipinski definition) is 0. The van der Waals surface area contributed by atoms with E-state index >= 15 is 0 Å². The van der Waals surface area contributed by atoms with Crippen LogP contribution in [0.25, 0.3) is 0 Å². The van der Waals surface area contributed by atoms with Crippen LogP contribution >= 0.6 is 0 Å². The van der Waals surface area contributed by atoms with E-state index < -0.39 is 0 Å². The minimum Gasteiger partial charge on any atom is -0.403 e. The predicted molar refractivity (Wildman–Crippen MR) is 84.1 cm³/mol. The van der Waals surface area contributed by atoms with E-state index in [-0.39, 0.29) is 18.3 Å². The molecule has 0 aromatic heterocycles. The molecule has 1 aliphatic heterocycles. The summed E-state index contributed by atoms with van der Waals surface area (Å²) in [6, 6.07) is 10.3. The second kappa shape index (κ2) is 5.42. The molecule has 0 radical (unpaired) electrons. The number of rotatable bonds is 4. The van der Waals surface area contributed by atoms with Crippen LogP contribution in [0.2, 0.25) is 5.82 Å². The maximum atomic E-state index is 6.10. The van der Waals surface area contributed by atoms with Crippen LogP contribution in [0.4, 0.5) is 0 Å². The topological polar surface area (TPSA) is 27.7 Å². The molecule has 3 nitrogen and oxygen atoms in total. The zero-order chi connectivity index (χ0) is 15.1. The fourth-order valence-electron chi connectivity index (χ4n) is 2.83. The van der Waals surface area contributed by atoms with Gasteiger partial charge in [-0.3, -0.25) is 0 Å². The highest BCUT2D eigenvalue weighted by Gasteiger charge is 2.56. The predicted octanol–water partition coefficient (Wildman–Crippen LogP) is 3.83. The van der Waals surface area contributed by atoms with Crippen LogP contribution in [0.1, 0.15) is 46.1 Å². The second-order valence-electron chi connectivity index (χ2n) is 7.27. The summed E-state index contributed by atoms with van der Waals surface area (Å²) in [5.74, 6) is 0.465. The molecule has 0 N–H and O–H groups in total. The fraction of sp³-hybridized carbons (Fsp3) is 0.647. The second-order valence-corrected chi connectivity index (χ2v) is 7.27. The van der Waals surface area contributed by atoms with Crippen LogP contribution in [-0.2, 0) is 20.7 Å². The molecule has 0 amide bonds. The van der Waals surface area contributed by atoms with E-state index in [1.807, 2.05) is 18.2 Å². The minimum atomic E-state index is -0.229. The summed E-state index contributed by atoms with van der Waals surface area (Å²) in [5, 5.41) is 0. The van der Waals surface area contributed by atoms with Gasteiger partial charge in [0.2, 0.25) is 0 Å². The van der Waals surface area contributed by atoms with E-state index in [1.165, 1.54) is 5.56 Å². The Bertz CT molecular complexity index is 464. The van der Waals surface area contributed by atoms with Crippen LogP contribution in [0.5, 0.6) is 0 Å². The van der Waals surface area contributed by atoms with E-state index in [1.54, 1.807) is 0 Å². The molecule has 1 saturated heterocycles. The van der Waals surface area contributed by atoms with Crippen molar-refractivity contribution in [2.75, 3.05) is 0 Å². The van der Waals surface area contributed by atoms with Crippen molar-refractivity contribution in [3.05, 3.63) is 35.9 Å². The lowest BCUT2D eigenvalue weighted by atomic mass is 9.59. The van der Waals surface area contributed by atoms with E-state index in [9.17, 15) is 0 Å². The van der Waals surface area contributed by atoms with Crippen LogP contribution < -0.4 is 0 Å². The Balaban J connectivity index is 1.45.